The van der Waals surface area contributed by atoms with Crippen molar-refractivity contribution in [3.63, 3.8) is 0 Å². The Labute approximate surface area is 300 Å². The van der Waals surface area contributed by atoms with E-state index < -0.39 is 14.8 Å². The Bertz CT molecular complexity index is 1900. The second kappa shape index (κ2) is 15.1. The van der Waals surface area contributed by atoms with Crippen molar-refractivity contribution in [3.8, 4) is 0 Å². The van der Waals surface area contributed by atoms with Crippen molar-refractivity contribution in [2.45, 2.75) is 47.1 Å². The average Bonchev–Trinajstić information content (AvgIpc) is 3.57. The zero-order chi connectivity index (χ0) is 34.6. The SMILES string of the molecule is CCOC(=O)C1CCN(CC2CC(SC(c3ccccc3)(c3ccccc3)c3ccccc3)CN2S(=O)(=O)c2ccc3ccccc3c2)CC1. The molecule has 2 fully saturated rings. The van der Waals surface area contributed by atoms with Crippen LogP contribution < -0.4 is 0 Å². The standard InChI is InChI=1S/C42H44N2O4S2/c1-2-48-41(45)33-24-26-43(27-25-33)30-38-29-39(31-44(38)50(46,47)40-23-22-32-14-12-13-15-34(32)28-40)49-42(35-16-6-3-7-17-35,36-18-8-4-9-19-36)37-20-10-5-11-21-37/h3-23,28,33,38-39H,2,24-27,29-31H2,1H3. The predicted molar refractivity (Wildman–Crippen MR) is 203 cm³/mol. The highest BCUT2D eigenvalue weighted by Gasteiger charge is 2.47. The van der Waals surface area contributed by atoms with Gasteiger partial charge in [-0.25, -0.2) is 8.42 Å². The van der Waals surface area contributed by atoms with Gasteiger partial charge in [-0.15, -0.1) is 11.8 Å². The maximum atomic E-state index is 14.7. The van der Waals surface area contributed by atoms with E-state index in [1.54, 1.807) is 10.4 Å². The minimum Gasteiger partial charge on any atom is -0.466 e. The van der Waals surface area contributed by atoms with E-state index in [0.717, 1.165) is 53.4 Å². The van der Waals surface area contributed by atoms with E-state index in [4.69, 9.17) is 4.74 Å². The van der Waals surface area contributed by atoms with Crippen LogP contribution in [0.25, 0.3) is 10.8 Å². The van der Waals surface area contributed by atoms with E-state index in [2.05, 4.69) is 77.7 Å². The van der Waals surface area contributed by atoms with Gasteiger partial charge in [0.25, 0.3) is 0 Å². The third-order valence-electron chi connectivity index (χ3n) is 10.2. The number of esters is 1. The van der Waals surface area contributed by atoms with Crippen LogP contribution in [-0.2, 0) is 24.3 Å². The van der Waals surface area contributed by atoms with Crippen molar-refractivity contribution >= 4 is 38.5 Å². The van der Waals surface area contributed by atoms with Gasteiger partial charge in [-0.05, 0) is 78.9 Å². The molecule has 2 heterocycles. The third kappa shape index (κ3) is 6.99. The van der Waals surface area contributed by atoms with Gasteiger partial charge >= 0.3 is 5.97 Å². The molecule has 50 heavy (non-hydrogen) atoms. The summed E-state index contributed by atoms with van der Waals surface area (Å²) in [6, 6.07) is 45.0. The number of hydrogen-bond donors (Lipinski definition) is 0. The molecule has 7 rings (SSSR count). The van der Waals surface area contributed by atoms with Crippen molar-refractivity contribution < 1.29 is 17.9 Å². The first kappa shape index (κ1) is 34.5. The maximum Gasteiger partial charge on any atom is 0.309 e. The van der Waals surface area contributed by atoms with Gasteiger partial charge in [-0.1, -0.05) is 121 Å². The average molecular weight is 705 g/mol. The minimum absolute atomic E-state index is 0.00733. The number of ether oxygens (including phenoxy) is 1. The fourth-order valence-electron chi connectivity index (χ4n) is 7.74. The first-order valence-electron chi connectivity index (χ1n) is 17.6. The molecule has 0 spiro atoms. The molecule has 0 radical (unpaired) electrons. The lowest BCUT2D eigenvalue weighted by Crippen LogP contribution is -2.46. The van der Waals surface area contributed by atoms with Crippen molar-refractivity contribution in [3.05, 3.63) is 150 Å². The lowest BCUT2D eigenvalue weighted by molar-refractivity contribution is -0.149. The molecule has 2 saturated heterocycles. The van der Waals surface area contributed by atoms with Crippen LogP contribution in [0.15, 0.2) is 138 Å². The highest BCUT2D eigenvalue weighted by atomic mass is 32.2. The van der Waals surface area contributed by atoms with E-state index in [1.165, 1.54) is 0 Å². The Hall–Kier alpha value is -3.95. The molecule has 0 N–H and O–H groups in total. The lowest BCUT2D eigenvalue weighted by Gasteiger charge is -2.37. The zero-order valence-electron chi connectivity index (χ0n) is 28.4. The molecule has 0 bridgehead atoms. The van der Waals surface area contributed by atoms with Crippen LogP contribution in [0.5, 0.6) is 0 Å². The number of nitrogens with zero attached hydrogens (tertiary/aromatic N) is 2. The van der Waals surface area contributed by atoms with Crippen LogP contribution in [0, 0.1) is 5.92 Å². The first-order chi connectivity index (χ1) is 24.4. The number of carbonyl (C=O) groups excluding carboxylic acids is 1. The molecule has 2 atom stereocenters. The Balaban J connectivity index is 1.25. The second-order valence-electron chi connectivity index (χ2n) is 13.3. The number of fused-ring (bicyclic) bond motifs is 1. The van der Waals surface area contributed by atoms with E-state index in [1.807, 2.05) is 73.3 Å². The Kier molecular flexibility index (Phi) is 10.4. The number of thioether (sulfide) groups is 1. The van der Waals surface area contributed by atoms with Crippen LogP contribution in [0.2, 0.25) is 0 Å². The fraction of sp³-hybridized carbons (Fsp3) is 0.310. The largest absolute Gasteiger partial charge is 0.466 e. The van der Waals surface area contributed by atoms with Crippen LogP contribution in [0.1, 0.15) is 42.9 Å². The molecule has 5 aromatic rings. The van der Waals surface area contributed by atoms with Crippen molar-refractivity contribution in [2.24, 2.45) is 5.92 Å². The van der Waals surface area contributed by atoms with Crippen LogP contribution in [0.3, 0.4) is 0 Å². The molecule has 0 saturated carbocycles. The van der Waals surface area contributed by atoms with Gasteiger partial charge in [0.05, 0.1) is 22.2 Å². The summed E-state index contributed by atoms with van der Waals surface area (Å²) in [6.45, 7) is 4.73. The first-order valence-corrected chi connectivity index (χ1v) is 19.9. The summed E-state index contributed by atoms with van der Waals surface area (Å²) in [5, 5.41) is 1.93. The molecule has 0 aromatic heterocycles. The number of likely N-dealkylation sites (tertiary alicyclic amines) is 1. The summed E-state index contributed by atoms with van der Waals surface area (Å²) < 4.78 is 35.9. The molecule has 5 aromatic carbocycles. The molecule has 2 aliphatic rings. The number of rotatable bonds is 11. The van der Waals surface area contributed by atoms with Gasteiger partial charge < -0.3 is 9.64 Å². The summed E-state index contributed by atoms with van der Waals surface area (Å²) in [6.07, 6.45) is 2.16. The predicted octanol–water partition coefficient (Wildman–Crippen LogP) is 7.97. The maximum absolute atomic E-state index is 14.7. The molecule has 258 valence electrons. The van der Waals surface area contributed by atoms with Crippen molar-refractivity contribution in [1.29, 1.82) is 0 Å². The number of piperidine rings is 1. The van der Waals surface area contributed by atoms with Gasteiger partial charge in [-0.3, -0.25) is 4.79 Å². The molecule has 2 unspecified atom stereocenters. The molecule has 0 aliphatic carbocycles. The summed E-state index contributed by atoms with van der Waals surface area (Å²) in [5.41, 5.74) is 3.49. The Morgan fingerprint density at radius 2 is 1.30 bits per heavy atom. The van der Waals surface area contributed by atoms with E-state index >= 15 is 0 Å². The molecule has 6 nitrogen and oxygen atoms in total. The van der Waals surface area contributed by atoms with E-state index in [0.29, 0.717) is 31.0 Å². The fourth-order valence-corrected chi connectivity index (χ4v) is 11.4. The number of carbonyl (C=O) groups is 1. The van der Waals surface area contributed by atoms with E-state index in [9.17, 15) is 13.2 Å². The highest BCUT2D eigenvalue weighted by Crippen LogP contribution is 2.52. The minimum atomic E-state index is -3.82. The third-order valence-corrected chi connectivity index (χ3v) is 13.9. The topological polar surface area (TPSA) is 66.9 Å². The summed E-state index contributed by atoms with van der Waals surface area (Å²) in [7, 11) is -3.82. The molecule has 0 amide bonds. The summed E-state index contributed by atoms with van der Waals surface area (Å²) in [4.78, 5) is 15.1. The van der Waals surface area contributed by atoms with E-state index in [-0.39, 0.29) is 23.2 Å². The van der Waals surface area contributed by atoms with Gasteiger partial charge in [0.15, 0.2) is 0 Å². The smallest absolute Gasteiger partial charge is 0.309 e. The van der Waals surface area contributed by atoms with Gasteiger partial charge in [-0.2, -0.15) is 4.31 Å². The van der Waals surface area contributed by atoms with Gasteiger partial charge in [0.2, 0.25) is 10.0 Å². The van der Waals surface area contributed by atoms with Crippen molar-refractivity contribution in [1.82, 2.24) is 9.21 Å². The Morgan fingerprint density at radius 1 is 0.760 bits per heavy atom. The Morgan fingerprint density at radius 3 is 1.86 bits per heavy atom. The molecule has 8 heteroatoms. The normalized spacial score (nSPS) is 19.5. The van der Waals surface area contributed by atoms with Crippen LogP contribution in [0.4, 0.5) is 0 Å². The number of hydrogen-bond acceptors (Lipinski definition) is 6. The quantitative estimate of drug-likeness (QED) is 0.103. The van der Waals surface area contributed by atoms with Gasteiger partial charge in [0, 0.05) is 24.4 Å². The molecule has 2 aliphatic heterocycles. The van der Waals surface area contributed by atoms with Gasteiger partial charge in [0.1, 0.15) is 0 Å². The lowest BCUT2D eigenvalue weighted by atomic mass is 9.84. The highest BCUT2D eigenvalue weighted by molar-refractivity contribution is 8.01. The second-order valence-corrected chi connectivity index (χ2v) is 16.7. The summed E-state index contributed by atoms with van der Waals surface area (Å²) in [5.74, 6) is -0.220. The van der Waals surface area contributed by atoms with Crippen LogP contribution >= 0.6 is 11.8 Å². The molecular weight excluding hydrogens is 661 g/mol. The number of sulfonamides is 1. The number of benzene rings is 5. The summed E-state index contributed by atoms with van der Waals surface area (Å²) >= 11 is 1.87. The van der Waals surface area contributed by atoms with Crippen LogP contribution in [-0.4, -0.2) is 67.7 Å². The monoisotopic (exact) mass is 704 g/mol. The molecular formula is C42H44N2O4S2. The zero-order valence-corrected chi connectivity index (χ0v) is 30.1. The van der Waals surface area contributed by atoms with Crippen molar-refractivity contribution in [2.75, 3.05) is 32.8 Å².